The van der Waals surface area contributed by atoms with E-state index in [1.807, 2.05) is 28.8 Å². The van der Waals surface area contributed by atoms with Crippen LogP contribution in [0, 0.1) is 0 Å². The zero-order valence-corrected chi connectivity index (χ0v) is 7.28. The minimum atomic E-state index is 0.781. The van der Waals surface area contributed by atoms with E-state index in [0.717, 1.165) is 14.2 Å². The molecule has 2 heterocycles. The Hall–Kier alpha value is -0.880. The van der Waals surface area contributed by atoms with E-state index in [1.54, 1.807) is 0 Å². The predicted octanol–water partition coefficient (Wildman–Crippen LogP) is 1.27. The lowest BCUT2D eigenvalue weighted by molar-refractivity contribution is 1.19. The lowest BCUT2D eigenvalue weighted by Crippen LogP contribution is -1.90. The van der Waals surface area contributed by atoms with Crippen molar-refractivity contribution < 1.29 is 0 Å². The second kappa shape index (κ2) is 2.63. The summed E-state index contributed by atoms with van der Waals surface area (Å²) in [5, 5.41) is 0. The molecule has 2 rings (SSSR count). The molecule has 0 N–H and O–H groups in total. The van der Waals surface area contributed by atoms with E-state index in [0.29, 0.717) is 0 Å². The first-order valence-electron chi connectivity index (χ1n) is 3.51. The molecule has 0 aliphatic rings. The molecule has 0 saturated heterocycles. The van der Waals surface area contributed by atoms with Gasteiger partial charge in [-0.25, -0.2) is 4.98 Å². The molecular formula is C8H9N2P. The van der Waals surface area contributed by atoms with Crippen molar-refractivity contribution in [3.8, 4) is 0 Å². The molecular weight excluding hydrogens is 155 g/mol. The van der Waals surface area contributed by atoms with Crippen molar-refractivity contribution in [3.63, 3.8) is 0 Å². The average Bonchev–Trinajstić information content (AvgIpc) is 2.46. The van der Waals surface area contributed by atoms with Crippen molar-refractivity contribution in [2.24, 2.45) is 0 Å². The van der Waals surface area contributed by atoms with Gasteiger partial charge in [-0.1, -0.05) is 14.6 Å². The molecule has 1 atom stereocenters. The normalized spacial score (nSPS) is 11.7. The molecule has 2 nitrogen and oxygen atoms in total. The molecule has 11 heavy (non-hydrogen) atoms. The monoisotopic (exact) mass is 164 g/mol. The van der Waals surface area contributed by atoms with E-state index in [4.69, 9.17) is 0 Å². The van der Waals surface area contributed by atoms with E-state index in [-0.39, 0.29) is 0 Å². The van der Waals surface area contributed by atoms with Crippen LogP contribution in [0.2, 0.25) is 0 Å². The number of hydrogen-bond acceptors (Lipinski definition) is 1. The number of fused-ring (bicyclic) bond motifs is 1. The maximum atomic E-state index is 4.41. The number of imidazole rings is 1. The second-order valence-corrected chi connectivity index (χ2v) is 3.35. The summed E-state index contributed by atoms with van der Waals surface area (Å²) in [5.41, 5.74) is 2.22. The highest BCUT2D eigenvalue weighted by Gasteiger charge is 1.95. The fourth-order valence-electron chi connectivity index (χ4n) is 1.06. The highest BCUT2D eigenvalue weighted by Crippen LogP contribution is 2.04. The number of aromatic nitrogens is 2. The fraction of sp³-hybridized carbons (Fsp3) is 0.125. The lowest BCUT2D eigenvalue weighted by atomic mass is 10.5. The van der Waals surface area contributed by atoms with Crippen molar-refractivity contribution in [2.75, 3.05) is 6.66 Å². The highest BCUT2D eigenvalue weighted by atomic mass is 31.1. The molecule has 0 fully saturated rings. The van der Waals surface area contributed by atoms with Gasteiger partial charge in [-0.3, -0.25) is 0 Å². The average molecular weight is 164 g/mol. The minimum Gasteiger partial charge on any atom is -0.306 e. The standard InChI is InChI=1S/C8H9N2P/c1-11-8-6-10-5-3-2-4-7(10)9-8/h2-6,11H,1H3. The van der Waals surface area contributed by atoms with Crippen LogP contribution in [-0.2, 0) is 0 Å². The van der Waals surface area contributed by atoms with Crippen molar-refractivity contribution in [1.29, 1.82) is 0 Å². The first-order chi connectivity index (χ1) is 5.40. The van der Waals surface area contributed by atoms with Crippen LogP contribution >= 0.6 is 8.58 Å². The Labute approximate surface area is 67.0 Å². The molecule has 0 aromatic carbocycles. The van der Waals surface area contributed by atoms with Crippen molar-refractivity contribution in [1.82, 2.24) is 9.38 Å². The zero-order chi connectivity index (χ0) is 7.68. The molecule has 1 unspecified atom stereocenters. The van der Waals surface area contributed by atoms with Gasteiger partial charge in [0.05, 0.1) is 5.44 Å². The molecule has 0 bridgehead atoms. The Morgan fingerprint density at radius 1 is 1.45 bits per heavy atom. The summed E-state index contributed by atoms with van der Waals surface area (Å²) in [4.78, 5) is 4.41. The molecule has 0 radical (unpaired) electrons. The van der Waals surface area contributed by atoms with Crippen LogP contribution < -0.4 is 5.44 Å². The van der Waals surface area contributed by atoms with Gasteiger partial charge in [0.15, 0.2) is 0 Å². The van der Waals surface area contributed by atoms with Gasteiger partial charge < -0.3 is 4.40 Å². The van der Waals surface area contributed by atoms with Crippen LogP contribution in [0.1, 0.15) is 0 Å². The number of rotatable bonds is 1. The van der Waals surface area contributed by atoms with Gasteiger partial charge in [0.1, 0.15) is 5.65 Å². The van der Waals surface area contributed by atoms with E-state index in [9.17, 15) is 0 Å². The zero-order valence-electron chi connectivity index (χ0n) is 6.28. The van der Waals surface area contributed by atoms with E-state index < -0.39 is 0 Å². The molecule has 2 aromatic heterocycles. The first kappa shape index (κ1) is 6.81. The topological polar surface area (TPSA) is 17.3 Å². The first-order valence-corrected chi connectivity index (χ1v) is 5.01. The number of pyridine rings is 1. The Balaban J connectivity index is 2.69. The smallest absolute Gasteiger partial charge is 0.137 e. The van der Waals surface area contributed by atoms with E-state index in [2.05, 4.69) is 17.8 Å². The van der Waals surface area contributed by atoms with Gasteiger partial charge >= 0.3 is 0 Å². The molecule has 0 spiro atoms. The van der Waals surface area contributed by atoms with Crippen LogP contribution in [0.4, 0.5) is 0 Å². The predicted molar refractivity (Wildman–Crippen MR) is 49.1 cm³/mol. The van der Waals surface area contributed by atoms with Crippen LogP contribution in [0.5, 0.6) is 0 Å². The number of hydrogen-bond donors (Lipinski definition) is 0. The van der Waals surface area contributed by atoms with Crippen molar-refractivity contribution in [2.45, 2.75) is 0 Å². The Bertz CT molecular complexity index is 334. The van der Waals surface area contributed by atoms with Crippen LogP contribution in [0.3, 0.4) is 0 Å². The highest BCUT2D eigenvalue weighted by molar-refractivity contribution is 7.45. The second-order valence-electron chi connectivity index (χ2n) is 2.34. The van der Waals surface area contributed by atoms with Gasteiger partial charge in [-0.15, -0.1) is 0 Å². The van der Waals surface area contributed by atoms with Gasteiger partial charge in [0, 0.05) is 12.4 Å². The largest absolute Gasteiger partial charge is 0.306 e. The third kappa shape index (κ3) is 1.14. The third-order valence-corrected chi connectivity index (χ3v) is 2.37. The fourth-order valence-corrected chi connectivity index (χ4v) is 1.55. The summed E-state index contributed by atoms with van der Waals surface area (Å²) in [6.07, 6.45) is 4.10. The van der Waals surface area contributed by atoms with E-state index in [1.165, 1.54) is 5.44 Å². The van der Waals surface area contributed by atoms with Crippen LogP contribution in [0.25, 0.3) is 5.65 Å². The maximum absolute atomic E-state index is 4.41. The molecule has 2 aromatic rings. The summed E-state index contributed by atoms with van der Waals surface area (Å²) < 4.78 is 2.05. The Morgan fingerprint density at radius 2 is 2.36 bits per heavy atom. The molecule has 0 aliphatic heterocycles. The van der Waals surface area contributed by atoms with Gasteiger partial charge in [0.25, 0.3) is 0 Å². The van der Waals surface area contributed by atoms with Crippen molar-refractivity contribution in [3.05, 3.63) is 30.6 Å². The molecule has 56 valence electrons. The van der Waals surface area contributed by atoms with Crippen molar-refractivity contribution >= 4 is 19.7 Å². The summed E-state index contributed by atoms with van der Waals surface area (Å²) in [5.74, 6) is 0. The van der Waals surface area contributed by atoms with Gasteiger partial charge in [-0.2, -0.15) is 0 Å². The van der Waals surface area contributed by atoms with Crippen LogP contribution in [-0.4, -0.2) is 16.0 Å². The summed E-state index contributed by atoms with van der Waals surface area (Å²) in [6, 6.07) is 6.03. The van der Waals surface area contributed by atoms with E-state index >= 15 is 0 Å². The molecule has 0 aliphatic carbocycles. The summed E-state index contributed by atoms with van der Waals surface area (Å²) >= 11 is 0. The van der Waals surface area contributed by atoms with Gasteiger partial charge in [-0.05, 0) is 18.8 Å². The maximum Gasteiger partial charge on any atom is 0.137 e. The Kier molecular flexibility index (Phi) is 1.63. The van der Waals surface area contributed by atoms with Crippen LogP contribution in [0.15, 0.2) is 30.6 Å². The minimum absolute atomic E-state index is 0.781. The molecule has 3 heteroatoms. The Morgan fingerprint density at radius 3 is 3.09 bits per heavy atom. The lowest BCUT2D eigenvalue weighted by Gasteiger charge is -1.86. The SMILES string of the molecule is CPc1cn2ccccc2n1. The third-order valence-electron chi connectivity index (χ3n) is 1.62. The molecule has 0 saturated carbocycles. The quantitative estimate of drug-likeness (QED) is 0.580. The molecule has 0 amide bonds. The number of nitrogens with zero attached hydrogens (tertiary/aromatic N) is 2. The summed E-state index contributed by atoms with van der Waals surface area (Å²) in [7, 11) is 0.781. The summed E-state index contributed by atoms with van der Waals surface area (Å²) in [6.45, 7) is 2.14. The van der Waals surface area contributed by atoms with Gasteiger partial charge in [0.2, 0.25) is 0 Å².